The molecule has 5 heteroatoms. The third-order valence-electron chi connectivity index (χ3n) is 2.11. The maximum absolute atomic E-state index is 11.2. The van der Waals surface area contributed by atoms with Crippen molar-refractivity contribution in [3.63, 3.8) is 0 Å². The molecule has 0 atom stereocenters. The molecule has 0 spiro atoms. The summed E-state index contributed by atoms with van der Waals surface area (Å²) in [5, 5.41) is 12.6. The molecule has 1 aromatic heterocycles. The van der Waals surface area contributed by atoms with E-state index < -0.39 is 11.6 Å². The Bertz CT molecular complexity index is 368. The molecule has 17 heavy (non-hydrogen) atoms. The van der Waals surface area contributed by atoms with E-state index in [1.165, 1.54) is 13.3 Å². The number of nitrogens with zero attached hydrogens (tertiary/aromatic N) is 1. The van der Waals surface area contributed by atoms with Gasteiger partial charge in [-0.3, -0.25) is 4.98 Å². The first kappa shape index (κ1) is 13.6. The van der Waals surface area contributed by atoms with Crippen molar-refractivity contribution in [2.24, 2.45) is 0 Å². The quantitative estimate of drug-likeness (QED) is 0.740. The monoisotopic (exact) mass is 238 g/mol. The molecule has 0 fully saturated rings. The van der Waals surface area contributed by atoms with Crippen LogP contribution in [0.4, 0.5) is 0 Å². The molecule has 1 rings (SSSR count). The molecule has 2 N–H and O–H groups in total. The zero-order valence-corrected chi connectivity index (χ0v) is 10.4. The van der Waals surface area contributed by atoms with E-state index in [4.69, 9.17) is 0 Å². The fraction of sp³-hybridized carbons (Fsp3) is 0.500. The molecule has 0 aromatic carbocycles. The highest BCUT2D eigenvalue weighted by atomic mass is 16.5. The van der Waals surface area contributed by atoms with Gasteiger partial charge >= 0.3 is 5.97 Å². The van der Waals surface area contributed by atoms with Gasteiger partial charge in [0.15, 0.2) is 0 Å². The second kappa shape index (κ2) is 5.75. The first-order valence-electron chi connectivity index (χ1n) is 5.39. The summed E-state index contributed by atoms with van der Waals surface area (Å²) >= 11 is 0. The fourth-order valence-corrected chi connectivity index (χ4v) is 1.26. The molecule has 0 unspecified atom stereocenters. The molecule has 0 aliphatic rings. The van der Waals surface area contributed by atoms with Crippen LogP contribution in [0.3, 0.4) is 0 Å². The van der Waals surface area contributed by atoms with Crippen molar-refractivity contribution < 1.29 is 14.6 Å². The highest BCUT2D eigenvalue weighted by Crippen LogP contribution is 2.03. The number of pyridine rings is 1. The van der Waals surface area contributed by atoms with E-state index in [0.717, 1.165) is 5.69 Å². The van der Waals surface area contributed by atoms with Crippen LogP contribution in [0, 0.1) is 0 Å². The van der Waals surface area contributed by atoms with Gasteiger partial charge in [-0.05, 0) is 26.0 Å². The SMILES string of the molecule is COC(=O)c1ccc(CNCC(C)(C)O)nc1. The molecule has 0 amide bonds. The average molecular weight is 238 g/mol. The van der Waals surface area contributed by atoms with Gasteiger partial charge in [0.1, 0.15) is 0 Å². The van der Waals surface area contributed by atoms with Crippen LogP contribution in [0.1, 0.15) is 29.9 Å². The summed E-state index contributed by atoms with van der Waals surface area (Å²) < 4.78 is 4.57. The summed E-state index contributed by atoms with van der Waals surface area (Å²) in [4.78, 5) is 15.3. The summed E-state index contributed by atoms with van der Waals surface area (Å²) in [6.07, 6.45) is 1.48. The standard InChI is InChI=1S/C12H18N2O3/c1-12(2,16)8-13-7-10-5-4-9(6-14-10)11(15)17-3/h4-6,13,16H,7-8H2,1-3H3. The number of hydrogen-bond acceptors (Lipinski definition) is 5. The van der Waals surface area contributed by atoms with Crippen molar-refractivity contribution >= 4 is 5.97 Å². The van der Waals surface area contributed by atoms with Gasteiger partial charge in [0, 0.05) is 19.3 Å². The van der Waals surface area contributed by atoms with Crippen molar-refractivity contribution in [2.75, 3.05) is 13.7 Å². The van der Waals surface area contributed by atoms with E-state index >= 15 is 0 Å². The Hall–Kier alpha value is -1.46. The lowest BCUT2D eigenvalue weighted by atomic mass is 10.1. The fourth-order valence-electron chi connectivity index (χ4n) is 1.26. The lowest BCUT2D eigenvalue weighted by Gasteiger charge is -2.17. The van der Waals surface area contributed by atoms with Gasteiger partial charge in [-0.15, -0.1) is 0 Å². The third-order valence-corrected chi connectivity index (χ3v) is 2.11. The minimum Gasteiger partial charge on any atom is -0.465 e. The van der Waals surface area contributed by atoms with Crippen LogP contribution in [-0.2, 0) is 11.3 Å². The Labute approximate surface area is 101 Å². The summed E-state index contributed by atoms with van der Waals surface area (Å²) in [5.74, 6) is -0.395. The molecule has 0 bridgehead atoms. The maximum Gasteiger partial charge on any atom is 0.339 e. The summed E-state index contributed by atoms with van der Waals surface area (Å²) in [6, 6.07) is 3.42. The molecular formula is C12H18N2O3. The Morgan fingerprint density at radius 2 is 2.24 bits per heavy atom. The Morgan fingerprint density at radius 1 is 1.53 bits per heavy atom. The van der Waals surface area contributed by atoms with Crippen LogP contribution in [0.15, 0.2) is 18.3 Å². The molecule has 5 nitrogen and oxygen atoms in total. The first-order chi connectivity index (χ1) is 7.92. The smallest absolute Gasteiger partial charge is 0.339 e. The van der Waals surface area contributed by atoms with E-state index in [-0.39, 0.29) is 0 Å². The van der Waals surface area contributed by atoms with Crippen LogP contribution in [0.5, 0.6) is 0 Å². The van der Waals surface area contributed by atoms with Crippen LogP contribution in [0.2, 0.25) is 0 Å². The van der Waals surface area contributed by atoms with Crippen molar-refractivity contribution in [1.29, 1.82) is 0 Å². The number of aromatic nitrogens is 1. The van der Waals surface area contributed by atoms with Crippen LogP contribution in [0.25, 0.3) is 0 Å². The van der Waals surface area contributed by atoms with Crippen LogP contribution >= 0.6 is 0 Å². The average Bonchev–Trinajstić information content (AvgIpc) is 2.27. The van der Waals surface area contributed by atoms with Gasteiger partial charge in [0.05, 0.1) is 24.0 Å². The van der Waals surface area contributed by atoms with Gasteiger partial charge in [-0.2, -0.15) is 0 Å². The van der Waals surface area contributed by atoms with Gasteiger partial charge in [0.25, 0.3) is 0 Å². The first-order valence-corrected chi connectivity index (χ1v) is 5.39. The molecule has 0 saturated heterocycles. The summed E-state index contributed by atoms with van der Waals surface area (Å²) in [6.45, 7) is 4.49. The lowest BCUT2D eigenvalue weighted by Crippen LogP contribution is -2.34. The minimum atomic E-state index is -0.744. The zero-order valence-electron chi connectivity index (χ0n) is 10.4. The Kier molecular flexibility index (Phi) is 4.60. The van der Waals surface area contributed by atoms with Crippen LogP contribution < -0.4 is 5.32 Å². The predicted octanol–water partition coefficient (Wildman–Crippen LogP) is 0.729. The molecule has 0 saturated carbocycles. The molecule has 94 valence electrons. The van der Waals surface area contributed by atoms with Crippen LogP contribution in [-0.4, -0.2) is 35.3 Å². The van der Waals surface area contributed by atoms with Crippen molar-refractivity contribution in [1.82, 2.24) is 10.3 Å². The second-order valence-corrected chi connectivity index (χ2v) is 4.45. The number of nitrogens with one attached hydrogen (secondary N) is 1. The second-order valence-electron chi connectivity index (χ2n) is 4.45. The summed E-state index contributed by atoms with van der Waals surface area (Å²) in [5.41, 5.74) is 0.493. The van der Waals surface area contributed by atoms with Crippen molar-refractivity contribution in [2.45, 2.75) is 26.0 Å². The largest absolute Gasteiger partial charge is 0.465 e. The number of aliphatic hydroxyl groups is 1. The number of esters is 1. The molecule has 1 heterocycles. The van der Waals surface area contributed by atoms with Gasteiger partial charge in [-0.25, -0.2) is 4.79 Å². The highest BCUT2D eigenvalue weighted by Gasteiger charge is 2.11. The van der Waals surface area contributed by atoms with E-state index in [9.17, 15) is 9.90 Å². The molecule has 1 aromatic rings. The van der Waals surface area contributed by atoms with E-state index in [1.54, 1.807) is 26.0 Å². The zero-order chi connectivity index (χ0) is 12.9. The van der Waals surface area contributed by atoms with Crippen molar-refractivity contribution in [3.8, 4) is 0 Å². The van der Waals surface area contributed by atoms with Gasteiger partial charge in [-0.1, -0.05) is 0 Å². The number of carbonyl (C=O) groups excluding carboxylic acids is 1. The number of hydrogen-bond donors (Lipinski definition) is 2. The molecule has 0 aliphatic carbocycles. The third kappa shape index (κ3) is 4.93. The number of carbonyl (C=O) groups is 1. The van der Waals surface area contributed by atoms with E-state index in [1.807, 2.05) is 0 Å². The Morgan fingerprint density at radius 3 is 2.71 bits per heavy atom. The van der Waals surface area contributed by atoms with E-state index in [0.29, 0.717) is 18.7 Å². The summed E-state index contributed by atoms with van der Waals surface area (Å²) in [7, 11) is 1.33. The topological polar surface area (TPSA) is 71.5 Å². The number of methoxy groups -OCH3 is 1. The van der Waals surface area contributed by atoms with Gasteiger partial charge < -0.3 is 15.2 Å². The van der Waals surface area contributed by atoms with Crippen molar-refractivity contribution in [3.05, 3.63) is 29.6 Å². The normalized spacial score (nSPS) is 11.3. The minimum absolute atomic E-state index is 0.395. The molecule has 0 radical (unpaired) electrons. The lowest BCUT2D eigenvalue weighted by molar-refractivity contribution is 0.0600. The molecule has 0 aliphatic heterocycles. The highest BCUT2D eigenvalue weighted by molar-refractivity contribution is 5.88. The Balaban J connectivity index is 2.49. The number of ether oxygens (including phenoxy) is 1. The predicted molar refractivity (Wildman–Crippen MR) is 63.6 cm³/mol. The van der Waals surface area contributed by atoms with E-state index in [2.05, 4.69) is 15.0 Å². The van der Waals surface area contributed by atoms with Gasteiger partial charge in [0.2, 0.25) is 0 Å². The molecular weight excluding hydrogens is 220 g/mol. The number of rotatable bonds is 5. The maximum atomic E-state index is 11.2.